The highest BCUT2D eigenvalue weighted by Crippen LogP contribution is 2.43. The van der Waals surface area contributed by atoms with E-state index in [1.54, 1.807) is 0 Å². The van der Waals surface area contributed by atoms with Gasteiger partial charge in [0.1, 0.15) is 0 Å². The number of hydrogen-bond acceptors (Lipinski definition) is 1. The summed E-state index contributed by atoms with van der Waals surface area (Å²) in [5.74, 6) is 1.27. The fourth-order valence-electron chi connectivity index (χ4n) is 4.95. The van der Waals surface area contributed by atoms with Gasteiger partial charge in [-0.25, -0.2) is 0 Å². The number of fused-ring (bicyclic) bond motifs is 3. The van der Waals surface area contributed by atoms with Gasteiger partial charge in [-0.3, -0.25) is 0 Å². The Labute approximate surface area is 164 Å². The van der Waals surface area contributed by atoms with Crippen LogP contribution in [0.4, 0.5) is 0 Å². The van der Waals surface area contributed by atoms with Gasteiger partial charge >= 0.3 is 0 Å². The van der Waals surface area contributed by atoms with Crippen LogP contribution in [-0.4, -0.2) is 11.9 Å². The summed E-state index contributed by atoms with van der Waals surface area (Å²) in [5, 5.41) is 2.85. The van der Waals surface area contributed by atoms with Crippen molar-refractivity contribution in [3.8, 4) is 0 Å². The van der Waals surface area contributed by atoms with Gasteiger partial charge in [-0.05, 0) is 70.7 Å². The minimum atomic E-state index is 0.328. The van der Waals surface area contributed by atoms with Crippen molar-refractivity contribution in [2.45, 2.75) is 46.6 Å². The van der Waals surface area contributed by atoms with E-state index in [2.05, 4.69) is 94.4 Å². The Bertz CT molecular complexity index is 958. The Morgan fingerprint density at radius 3 is 2.59 bits per heavy atom. The third kappa shape index (κ3) is 3.36. The molecule has 140 valence electrons. The van der Waals surface area contributed by atoms with E-state index in [0.717, 1.165) is 12.8 Å². The molecular formula is C26H31N. The standard InChI is InChI=1S/C26H31N/c1-17(2)12-21-16-20-10-11-27(5)26(22-14-18(3)13-19(4)15-22)25(20)24-9-7-6-8-23(21)24/h6-11,13-14,16-17,19,26H,12,15H2,1-5H3. The molecule has 2 unspecified atom stereocenters. The van der Waals surface area contributed by atoms with Crippen LogP contribution in [-0.2, 0) is 6.42 Å². The number of benzene rings is 2. The fourth-order valence-corrected chi connectivity index (χ4v) is 4.95. The van der Waals surface area contributed by atoms with Crippen LogP contribution in [0.2, 0.25) is 0 Å². The quantitative estimate of drug-likeness (QED) is 0.577. The molecule has 2 atom stereocenters. The maximum atomic E-state index is 2.45. The molecule has 2 aliphatic rings. The molecule has 0 N–H and O–H groups in total. The number of allylic oxidation sites excluding steroid dienone is 3. The van der Waals surface area contributed by atoms with Crippen molar-refractivity contribution in [2.24, 2.45) is 11.8 Å². The van der Waals surface area contributed by atoms with Crippen LogP contribution in [0.1, 0.15) is 56.8 Å². The van der Waals surface area contributed by atoms with Crippen LogP contribution < -0.4 is 0 Å². The van der Waals surface area contributed by atoms with Gasteiger partial charge in [-0.15, -0.1) is 0 Å². The molecule has 0 saturated carbocycles. The molecule has 1 aliphatic carbocycles. The van der Waals surface area contributed by atoms with Gasteiger partial charge in [-0.1, -0.05) is 68.8 Å². The van der Waals surface area contributed by atoms with Crippen LogP contribution in [0.3, 0.4) is 0 Å². The summed E-state index contributed by atoms with van der Waals surface area (Å²) in [7, 11) is 2.22. The van der Waals surface area contributed by atoms with Crippen molar-refractivity contribution >= 4 is 16.8 Å². The highest BCUT2D eigenvalue weighted by Gasteiger charge is 2.29. The van der Waals surface area contributed by atoms with E-state index in [9.17, 15) is 0 Å². The molecular weight excluding hydrogens is 326 g/mol. The van der Waals surface area contributed by atoms with Crippen molar-refractivity contribution in [3.63, 3.8) is 0 Å². The molecule has 2 aromatic carbocycles. The zero-order chi connectivity index (χ0) is 19.1. The van der Waals surface area contributed by atoms with Crippen molar-refractivity contribution in [1.82, 2.24) is 4.90 Å². The number of likely N-dealkylation sites (N-methyl/N-ethyl adjacent to an activating group) is 1. The van der Waals surface area contributed by atoms with Gasteiger partial charge in [0.25, 0.3) is 0 Å². The highest BCUT2D eigenvalue weighted by molar-refractivity contribution is 5.93. The summed E-state index contributed by atoms with van der Waals surface area (Å²) in [5.41, 5.74) is 7.30. The Morgan fingerprint density at radius 1 is 1.15 bits per heavy atom. The first-order valence-corrected chi connectivity index (χ1v) is 10.3. The van der Waals surface area contributed by atoms with Gasteiger partial charge in [0, 0.05) is 13.2 Å². The Hall–Kier alpha value is -2.28. The summed E-state index contributed by atoms with van der Waals surface area (Å²) in [6, 6.07) is 11.8. The first-order chi connectivity index (χ1) is 12.9. The molecule has 4 rings (SSSR count). The zero-order valence-electron chi connectivity index (χ0n) is 17.3. The van der Waals surface area contributed by atoms with Crippen LogP contribution >= 0.6 is 0 Å². The van der Waals surface area contributed by atoms with Gasteiger partial charge < -0.3 is 4.90 Å². The number of rotatable bonds is 3. The first-order valence-electron chi connectivity index (χ1n) is 10.3. The predicted octanol–water partition coefficient (Wildman–Crippen LogP) is 6.91. The number of hydrogen-bond donors (Lipinski definition) is 0. The SMILES string of the molecule is CC1=CC(C)CC(C2c3c(cc(CC(C)C)c4ccccc34)C=CN2C)=C1. The molecule has 0 fully saturated rings. The topological polar surface area (TPSA) is 3.24 Å². The fraction of sp³-hybridized carbons (Fsp3) is 0.385. The van der Waals surface area contributed by atoms with Crippen molar-refractivity contribution in [3.05, 3.63) is 76.5 Å². The van der Waals surface area contributed by atoms with Crippen molar-refractivity contribution < 1.29 is 0 Å². The third-order valence-corrected chi connectivity index (χ3v) is 5.87. The highest BCUT2D eigenvalue weighted by atomic mass is 15.1. The Balaban J connectivity index is 1.94. The van der Waals surface area contributed by atoms with Gasteiger partial charge in [0.05, 0.1) is 6.04 Å². The zero-order valence-corrected chi connectivity index (χ0v) is 17.3. The molecule has 1 heteroatoms. The van der Waals surface area contributed by atoms with E-state index in [0.29, 0.717) is 17.9 Å². The summed E-state index contributed by atoms with van der Waals surface area (Å²) in [4.78, 5) is 2.40. The lowest BCUT2D eigenvalue weighted by Crippen LogP contribution is -2.26. The van der Waals surface area contributed by atoms with E-state index in [-0.39, 0.29) is 0 Å². The van der Waals surface area contributed by atoms with E-state index >= 15 is 0 Å². The second-order valence-corrected chi connectivity index (χ2v) is 8.88. The molecule has 0 aromatic heterocycles. The molecule has 1 aliphatic heterocycles. The molecule has 0 spiro atoms. The summed E-state index contributed by atoms with van der Waals surface area (Å²) >= 11 is 0. The van der Waals surface area contributed by atoms with Gasteiger partial charge in [0.15, 0.2) is 0 Å². The predicted molar refractivity (Wildman–Crippen MR) is 118 cm³/mol. The maximum Gasteiger partial charge on any atom is 0.0762 e. The van der Waals surface area contributed by atoms with E-state index in [1.165, 1.54) is 38.6 Å². The minimum absolute atomic E-state index is 0.328. The molecule has 2 aromatic rings. The van der Waals surface area contributed by atoms with E-state index < -0.39 is 0 Å². The summed E-state index contributed by atoms with van der Waals surface area (Å²) < 4.78 is 0. The van der Waals surface area contributed by atoms with Crippen LogP contribution in [0, 0.1) is 11.8 Å². The lowest BCUT2D eigenvalue weighted by Gasteiger charge is -2.37. The lowest BCUT2D eigenvalue weighted by atomic mass is 9.79. The minimum Gasteiger partial charge on any atom is -0.370 e. The van der Waals surface area contributed by atoms with Crippen LogP contribution in [0.25, 0.3) is 16.8 Å². The van der Waals surface area contributed by atoms with E-state index in [1.807, 2.05) is 0 Å². The van der Waals surface area contributed by atoms with Crippen LogP contribution in [0.5, 0.6) is 0 Å². The lowest BCUT2D eigenvalue weighted by molar-refractivity contribution is 0.363. The Kier molecular flexibility index (Phi) is 4.72. The Morgan fingerprint density at radius 2 is 1.89 bits per heavy atom. The largest absolute Gasteiger partial charge is 0.370 e. The molecule has 0 bridgehead atoms. The summed E-state index contributed by atoms with van der Waals surface area (Å²) in [6.07, 6.45) is 11.6. The van der Waals surface area contributed by atoms with Crippen molar-refractivity contribution in [1.29, 1.82) is 0 Å². The monoisotopic (exact) mass is 357 g/mol. The molecule has 0 amide bonds. The number of nitrogens with zero attached hydrogens (tertiary/aromatic N) is 1. The first kappa shape index (κ1) is 18.1. The smallest absolute Gasteiger partial charge is 0.0762 e. The molecule has 1 nitrogen and oxygen atoms in total. The average Bonchev–Trinajstić information content (AvgIpc) is 2.61. The average molecular weight is 358 g/mol. The molecule has 0 radical (unpaired) electrons. The maximum absolute atomic E-state index is 2.45. The van der Waals surface area contributed by atoms with Gasteiger partial charge in [-0.2, -0.15) is 0 Å². The van der Waals surface area contributed by atoms with Crippen LogP contribution in [0.15, 0.2) is 59.8 Å². The molecule has 0 saturated heterocycles. The third-order valence-electron chi connectivity index (χ3n) is 5.87. The normalized spacial score (nSPS) is 22.1. The summed E-state index contributed by atoms with van der Waals surface area (Å²) in [6.45, 7) is 9.19. The van der Waals surface area contributed by atoms with Gasteiger partial charge in [0.2, 0.25) is 0 Å². The van der Waals surface area contributed by atoms with E-state index in [4.69, 9.17) is 0 Å². The van der Waals surface area contributed by atoms with Crippen molar-refractivity contribution in [2.75, 3.05) is 7.05 Å². The molecule has 1 heterocycles. The second kappa shape index (κ2) is 7.03. The second-order valence-electron chi connectivity index (χ2n) is 8.88. The molecule has 27 heavy (non-hydrogen) atoms.